The maximum atomic E-state index is 12.0. The van der Waals surface area contributed by atoms with Gasteiger partial charge in [0.1, 0.15) is 5.69 Å². The van der Waals surface area contributed by atoms with E-state index in [2.05, 4.69) is 34.5 Å². The summed E-state index contributed by atoms with van der Waals surface area (Å²) < 4.78 is 1.80. The molecule has 0 radical (unpaired) electrons. The van der Waals surface area contributed by atoms with E-state index in [0.717, 1.165) is 0 Å². The lowest BCUT2D eigenvalue weighted by molar-refractivity contribution is 0.102. The molecule has 5 heteroatoms. The number of amides is 1. The number of rotatable bonds is 4. The Morgan fingerprint density at radius 3 is 2.77 bits per heavy atom. The van der Waals surface area contributed by atoms with E-state index in [0.29, 0.717) is 17.9 Å². The molecule has 1 aromatic carbocycles. The second kappa shape index (κ2) is 6.22. The number of pyridine rings is 1. The number of benzene rings is 1. The zero-order chi connectivity index (χ0) is 15.4. The highest BCUT2D eigenvalue weighted by molar-refractivity contribution is 6.02. The maximum absolute atomic E-state index is 12.0. The third kappa shape index (κ3) is 3.20. The second-order valence-corrected chi connectivity index (χ2v) is 5.02. The molecule has 1 amide bonds. The van der Waals surface area contributed by atoms with E-state index in [1.807, 2.05) is 18.3 Å². The van der Waals surface area contributed by atoms with Crippen LogP contribution in [0.4, 0.5) is 5.69 Å². The molecule has 3 rings (SSSR count). The molecule has 0 aliphatic carbocycles. The lowest BCUT2D eigenvalue weighted by Crippen LogP contribution is -2.12. The van der Waals surface area contributed by atoms with E-state index >= 15 is 0 Å². The predicted molar refractivity (Wildman–Crippen MR) is 84.7 cm³/mol. The van der Waals surface area contributed by atoms with Gasteiger partial charge in [-0.05, 0) is 30.2 Å². The summed E-state index contributed by atoms with van der Waals surface area (Å²) in [4.78, 5) is 16.0. The van der Waals surface area contributed by atoms with Crippen molar-refractivity contribution in [2.45, 2.75) is 13.5 Å². The monoisotopic (exact) mass is 292 g/mol. The third-order valence-electron chi connectivity index (χ3n) is 3.38. The molecule has 0 spiro atoms. The number of carbonyl (C=O) groups is 1. The Morgan fingerprint density at radius 2 is 2.00 bits per heavy atom. The van der Waals surface area contributed by atoms with Crippen LogP contribution in [0.2, 0.25) is 0 Å². The molecule has 5 nitrogen and oxygen atoms in total. The van der Waals surface area contributed by atoms with Crippen molar-refractivity contribution in [3.05, 3.63) is 77.9 Å². The molecular formula is C17H16N4O. The standard InChI is InChI=1S/C17H16N4O/c1-13-6-2-3-7-14(13)11-21-12-15(10-19-21)20-17(22)16-8-4-5-9-18-16/h2-10,12H,11H2,1H3,(H,20,22). The number of anilines is 1. The molecule has 110 valence electrons. The summed E-state index contributed by atoms with van der Waals surface area (Å²) in [5.74, 6) is -0.240. The predicted octanol–water partition coefficient (Wildman–Crippen LogP) is 2.89. The van der Waals surface area contributed by atoms with Crippen molar-refractivity contribution in [2.75, 3.05) is 5.32 Å². The van der Waals surface area contributed by atoms with Crippen LogP contribution in [-0.4, -0.2) is 20.7 Å². The van der Waals surface area contributed by atoms with Crippen LogP contribution in [0.3, 0.4) is 0 Å². The van der Waals surface area contributed by atoms with Crippen LogP contribution in [0, 0.1) is 6.92 Å². The third-order valence-corrected chi connectivity index (χ3v) is 3.38. The number of hydrogen-bond acceptors (Lipinski definition) is 3. The number of nitrogens with zero attached hydrogens (tertiary/aromatic N) is 3. The normalized spacial score (nSPS) is 10.4. The summed E-state index contributed by atoms with van der Waals surface area (Å²) in [5, 5.41) is 7.08. The summed E-state index contributed by atoms with van der Waals surface area (Å²) in [7, 11) is 0. The highest BCUT2D eigenvalue weighted by Crippen LogP contribution is 2.12. The fourth-order valence-electron chi connectivity index (χ4n) is 2.17. The van der Waals surface area contributed by atoms with Gasteiger partial charge in [0, 0.05) is 12.4 Å². The zero-order valence-corrected chi connectivity index (χ0v) is 12.2. The van der Waals surface area contributed by atoms with E-state index in [4.69, 9.17) is 0 Å². The minimum absolute atomic E-state index is 0.240. The van der Waals surface area contributed by atoms with Gasteiger partial charge in [-0.15, -0.1) is 0 Å². The molecule has 0 bridgehead atoms. The quantitative estimate of drug-likeness (QED) is 0.804. The topological polar surface area (TPSA) is 59.8 Å². The van der Waals surface area contributed by atoms with Crippen molar-refractivity contribution in [3.8, 4) is 0 Å². The molecule has 0 unspecified atom stereocenters. The minimum Gasteiger partial charge on any atom is -0.318 e. The largest absolute Gasteiger partial charge is 0.318 e. The first-order valence-electron chi connectivity index (χ1n) is 7.02. The summed E-state index contributed by atoms with van der Waals surface area (Å²) in [5.41, 5.74) is 3.46. The van der Waals surface area contributed by atoms with Gasteiger partial charge in [0.05, 0.1) is 18.4 Å². The van der Waals surface area contributed by atoms with Crippen molar-refractivity contribution >= 4 is 11.6 Å². The van der Waals surface area contributed by atoms with Gasteiger partial charge < -0.3 is 5.32 Å². The first-order valence-corrected chi connectivity index (χ1v) is 7.02. The summed E-state index contributed by atoms with van der Waals surface area (Å²) in [6, 6.07) is 13.4. The fourth-order valence-corrected chi connectivity index (χ4v) is 2.17. The lowest BCUT2D eigenvalue weighted by atomic mass is 10.1. The van der Waals surface area contributed by atoms with Gasteiger partial charge in [-0.3, -0.25) is 14.5 Å². The maximum Gasteiger partial charge on any atom is 0.274 e. The van der Waals surface area contributed by atoms with E-state index in [-0.39, 0.29) is 5.91 Å². The first kappa shape index (κ1) is 14.0. The van der Waals surface area contributed by atoms with Crippen LogP contribution in [0.15, 0.2) is 61.1 Å². The van der Waals surface area contributed by atoms with Crippen molar-refractivity contribution < 1.29 is 4.79 Å². The molecule has 3 aromatic rings. The number of aromatic nitrogens is 3. The van der Waals surface area contributed by atoms with Gasteiger partial charge in [-0.1, -0.05) is 30.3 Å². The van der Waals surface area contributed by atoms with Crippen molar-refractivity contribution in [1.29, 1.82) is 0 Å². The molecule has 1 N–H and O–H groups in total. The molecule has 2 heterocycles. The molecular weight excluding hydrogens is 276 g/mol. The van der Waals surface area contributed by atoms with Crippen LogP contribution >= 0.6 is 0 Å². The van der Waals surface area contributed by atoms with Crippen molar-refractivity contribution in [1.82, 2.24) is 14.8 Å². The molecule has 0 aliphatic heterocycles. The summed E-state index contributed by atoms with van der Waals surface area (Å²) in [6.07, 6.45) is 5.04. The SMILES string of the molecule is Cc1ccccc1Cn1cc(NC(=O)c2ccccn2)cn1. The van der Waals surface area contributed by atoms with E-state index in [1.54, 1.807) is 35.3 Å². The Hall–Kier alpha value is -2.95. The van der Waals surface area contributed by atoms with Crippen molar-refractivity contribution in [2.24, 2.45) is 0 Å². The highest BCUT2D eigenvalue weighted by atomic mass is 16.1. The molecule has 2 aromatic heterocycles. The van der Waals surface area contributed by atoms with Crippen LogP contribution < -0.4 is 5.32 Å². The van der Waals surface area contributed by atoms with Gasteiger partial charge in [0.15, 0.2) is 0 Å². The molecule has 0 saturated heterocycles. The number of carbonyl (C=O) groups excluding carboxylic acids is 1. The Kier molecular flexibility index (Phi) is 3.96. The van der Waals surface area contributed by atoms with Gasteiger partial charge >= 0.3 is 0 Å². The van der Waals surface area contributed by atoms with E-state index in [1.165, 1.54) is 11.1 Å². The number of nitrogens with one attached hydrogen (secondary N) is 1. The zero-order valence-electron chi connectivity index (χ0n) is 12.2. The van der Waals surface area contributed by atoms with Crippen molar-refractivity contribution in [3.63, 3.8) is 0 Å². The molecule has 0 atom stereocenters. The number of aryl methyl sites for hydroxylation is 1. The molecule has 0 fully saturated rings. The van der Waals surface area contributed by atoms with Crippen LogP contribution in [0.25, 0.3) is 0 Å². The van der Waals surface area contributed by atoms with E-state index < -0.39 is 0 Å². The summed E-state index contributed by atoms with van der Waals surface area (Å²) in [6.45, 7) is 2.74. The van der Waals surface area contributed by atoms with Crippen LogP contribution in [0.5, 0.6) is 0 Å². The summed E-state index contributed by atoms with van der Waals surface area (Å²) >= 11 is 0. The van der Waals surface area contributed by atoms with Crippen LogP contribution in [0.1, 0.15) is 21.6 Å². The Balaban J connectivity index is 1.69. The molecule has 0 aliphatic rings. The Morgan fingerprint density at radius 1 is 1.18 bits per heavy atom. The van der Waals surface area contributed by atoms with Crippen LogP contribution in [-0.2, 0) is 6.54 Å². The smallest absolute Gasteiger partial charge is 0.274 e. The van der Waals surface area contributed by atoms with Gasteiger partial charge in [0.2, 0.25) is 0 Å². The average Bonchev–Trinajstić information content (AvgIpc) is 2.97. The lowest BCUT2D eigenvalue weighted by Gasteiger charge is -2.05. The molecule has 0 saturated carbocycles. The Labute approximate surface area is 128 Å². The fraction of sp³-hybridized carbons (Fsp3) is 0.118. The van der Waals surface area contributed by atoms with E-state index in [9.17, 15) is 4.79 Å². The van der Waals surface area contributed by atoms with Gasteiger partial charge in [-0.25, -0.2) is 0 Å². The van der Waals surface area contributed by atoms with Gasteiger partial charge in [0.25, 0.3) is 5.91 Å². The average molecular weight is 292 g/mol. The minimum atomic E-state index is -0.240. The van der Waals surface area contributed by atoms with Gasteiger partial charge in [-0.2, -0.15) is 5.10 Å². The highest BCUT2D eigenvalue weighted by Gasteiger charge is 2.08. The second-order valence-electron chi connectivity index (χ2n) is 5.02. The molecule has 22 heavy (non-hydrogen) atoms. The number of hydrogen-bond donors (Lipinski definition) is 1. The Bertz CT molecular complexity index is 780. The first-order chi connectivity index (χ1) is 10.7.